The van der Waals surface area contributed by atoms with Gasteiger partial charge >= 0.3 is 0 Å². The van der Waals surface area contributed by atoms with Crippen LogP contribution in [0.4, 0.5) is 0 Å². The molecule has 0 radical (unpaired) electrons. The summed E-state index contributed by atoms with van der Waals surface area (Å²) in [4.78, 5) is 0. The molecule has 1 aromatic carbocycles. The topological polar surface area (TPSA) is 30.5 Å². The van der Waals surface area contributed by atoms with Gasteiger partial charge in [0.1, 0.15) is 5.75 Å². The predicted molar refractivity (Wildman–Crippen MR) is 87.4 cm³/mol. The summed E-state index contributed by atoms with van der Waals surface area (Å²) < 4.78 is 12.1. The van der Waals surface area contributed by atoms with Crippen LogP contribution in [0, 0.1) is 0 Å². The summed E-state index contributed by atoms with van der Waals surface area (Å²) in [6.45, 7) is 7.29. The number of hydrogen-bond acceptors (Lipinski definition) is 3. The molecule has 4 heteroatoms. The second-order valence-corrected chi connectivity index (χ2v) is 6.41. The molecular formula is C16H26BrNO2. The van der Waals surface area contributed by atoms with Crippen molar-refractivity contribution in [3.05, 3.63) is 28.2 Å². The van der Waals surface area contributed by atoms with Gasteiger partial charge in [-0.1, -0.05) is 28.9 Å². The van der Waals surface area contributed by atoms with Gasteiger partial charge in [0, 0.05) is 23.2 Å². The highest BCUT2D eigenvalue weighted by molar-refractivity contribution is 9.10. The average Bonchev–Trinajstić information content (AvgIpc) is 2.43. The van der Waals surface area contributed by atoms with Gasteiger partial charge in [-0.25, -0.2) is 0 Å². The number of rotatable bonds is 8. The lowest BCUT2D eigenvalue weighted by atomic mass is 9.94. The Bertz CT molecular complexity index is 421. The molecule has 0 spiro atoms. The minimum Gasteiger partial charge on any atom is -0.496 e. The predicted octanol–water partition coefficient (Wildman–Crippen LogP) is 4.31. The van der Waals surface area contributed by atoms with Crippen molar-refractivity contribution in [1.29, 1.82) is 0 Å². The molecule has 0 aliphatic rings. The second-order valence-electron chi connectivity index (χ2n) is 5.50. The Morgan fingerprint density at radius 3 is 2.55 bits per heavy atom. The van der Waals surface area contributed by atoms with Gasteiger partial charge in [-0.2, -0.15) is 0 Å². The lowest BCUT2D eigenvalue weighted by Gasteiger charge is -2.27. The quantitative estimate of drug-likeness (QED) is 0.762. The zero-order valence-corrected chi connectivity index (χ0v) is 14.7. The molecule has 1 N–H and O–H groups in total. The van der Waals surface area contributed by atoms with Crippen molar-refractivity contribution in [3.8, 4) is 5.75 Å². The summed E-state index contributed by atoms with van der Waals surface area (Å²) >= 11 is 3.49. The van der Waals surface area contributed by atoms with Gasteiger partial charge in [0.2, 0.25) is 0 Å². The van der Waals surface area contributed by atoms with Gasteiger partial charge in [0.05, 0.1) is 12.7 Å². The number of nitrogens with one attached hydrogen (secondary N) is 1. The maximum atomic E-state index is 5.51. The summed E-state index contributed by atoms with van der Waals surface area (Å²) in [5.74, 6) is 0.917. The molecule has 20 heavy (non-hydrogen) atoms. The minimum atomic E-state index is -0.101. The zero-order valence-electron chi connectivity index (χ0n) is 13.1. The molecule has 1 unspecified atom stereocenters. The van der Waals surface area contributed by atoms with Gasteiger partial charge < -0.3 is 14.8 Å². The third-order valence-corrected chi connectivity index (χ3v) is 4.10. The molecule has 0 saturated heterocycles. The number of ether oxygens (including phenoxy) is 2. The van der Waals surface area contributed by atoms with E-state index in [0.29, 0.717) is 0 Å². The average molecular weight is 344 g/mol. The van der Waals surface area contributed by atoms with E-state index in [2.05, 4.69) is 54.2 Å². The van der Waals surface area contributed by atoms with Crippen molar-refractivity contribution in [1.82, 2.24) is 5.32 Å². The zero-order chi connectivity index (χ0) is 15.2. The van der Waals surface area contributed by atoms with Crippen molar-refractivity contribution >= 4 is 15.9 Å². The number of benzene rings is 1. The minimum absolute atomic E-state index is 0.101. The Hall–Kier alpha value is -0.580. The van der Waals surface area contributed by atoms with E-state index in [4.69, 9.17) is 9.47 Å². The lowest BCUT2D eigenvalue weighted by Crippen LogP contribution is -2.27. The van der Waals surface area contributed by atoms with Gasteiger partial charge in [-0.05, 0) is 45.4 Å². The number of methoxy groups -OCH3 is 2. The van der Waals surface area contributed by atoms with E-state index in [9.17, 15) is 0 Å². The Morgan fingerprint density at radius 1 is 1.30 bits per heavy atom. The largest absolute Gasteiger partial charge is 0.496 e. The van der Waals surface area contributed by atoms with Crippen LogP contribution in [0.15, 0.2) is 22.7 Å². The molecule has 114 valence electrons. The van der Waals surface area contributed by atoms with E-state index in [1.54, 1.807) is 14.2 Å². The highest BCUT2D eigenvalue weighted by Crippen LogP contribution is 2.32. The molecule has 0 aromatic heterocycles. The number of halogens is 1. The fraction of sp³-hybridized carbons (Fsp3) is 0.625. The van der Waals surface area contributed by atoms with Crippen molar-refractivity contribution in [2.45, 2.75) is 45.3 Å². The van der Waals surface area contributed by atoms with Crippen LogP contribution in [-0.4, -0.2) is 26.4 Å². The molecule has 0 heterocycles. The number of hydrogen-bond donors (Lipinski definition) is 1. The Morgan fingerprint density at radius 2 is 2.00 bits per heavy atom. The summed E-state index contributed by atoms with van der Waals surface area (Å²) in [6.07, 6.45) is 1.99. The van der Waals surface area contributed by atoms with Crippen molar-refractivity contribution in [2.75, 3.05) is 20.8 Å². The second kappa shape index (κ2) is 8.01. The molecule has 0 saturated carbocycles. The summed E-state index contributed by atoms with van der Waals surface area (Å²) in [6, 6.07) is 6.47. The van der Waals surface area contributed by atoms with Crippen LogP contribution in [0.2, 0.25) is 0 Å². The van der Waals surface area contributed by atoms with E-state index < -0.39 is 0 Å². The summed E-state index contributed by atoms with van der Waals surface area (Å²) in [5.41, 5.74) is 1.10. The molecule has 1 rings (SSSR count). The first-order valence-electron chi connectivity index (χ1n) is 7.05. The van der Waals surface area contributed by atoms with E-state index in [-0.39, 0.29) is 11.6 Å². The van der Waals surface area contributed by atoms with Crippen LogP contribution in [0.1, 0.15) is 45.2 Å². The lowest BCUT2D eigenvalue weighted by molar-refractivity contribution is 0.0116. The normalized spacial score (nSPS) is 13.3. The molecule has 1 atom stereocenters. The molecule has 0 fully saturated rings. The van der Waals surface area contributed by atoms with Gasteiger partial charge in [0.25, 0.3) is 0 Å². The van der Waals surface area contributed by atoms with Crippen LogP contribution in [0.25, 0.3) is 0 Å². The van der Waals surface area contributed by atoms with Crippen LogP contribution >= 0.6 is 15.9 Å². The van der Waals surface area contributed by atoms with E-state index in [1.165, 1.54) is 5.56 Å². The molecule has 0 amide bonds. The first kappa shape index (κ1) is 17.5. The van der Waals surface area contributed by atoms with Crippen molar-refractivity contribution in [3.63, 3.8) is 0 Å². The maximum absolute atomic E-state index is 5.51. The third kappa shape index (κ3) is 5.08. The third-order valence-electron chi connectivity index (χ3n) is 3.61. The van der Waals surface area contributed by atoms with Gasteiger partial charge in [0.15, 0.2) is 0 Å². The van der Waals surface area contributed by atoms with Gasteiger partial charge in [-0.15, -0.1) is 0 Å². The Balaban J connectivity index is 2.90. The first-order chi connectivity index (χ1) is 9.43. The van der Waals surface area contributed by atoms with Crippen molar-refractivity contribution < 1.29 is 9.47 Å². The maximum Gasteiger partial charge on any atom is 0.124 e. The Kier molecular flexibility index (Phi) is 7.00. The highest BCUT2D eigenvalue weighted by Gasteiger charge is 2.21. The van der Waals surface area contributed by atoms with Crippen LogP contribution in [0.5, 0.6) is 5.75 Å². The highest BCUT2D eigenvalue weighted by atomic mass is 79.9. The molecular weight excluding hydrogens is 318 g/mol. The molecule has 3 nitrogen and oxygen atoms in total. The monoisotopic (exact) mass is 343 g/mol. The fourth-order valence-corrected chi connectivity index (χ4v) is 2.52. The van der Waals surface area contributed by atoms with E-state index in [1.807, 2.05) is 6.07 Å². The van der Waals surface area contributed by atoms with Crippen LogP contribution in [0.3, 0.4) is 0 Å². The molecule has 0 aliphatic heterocycles. The van der Waals surface area contributed by atoms with Crippen molar-refractivity contribution in [2.24, 2.45) is 0 Å². The smallest absolute Gasteiger partial charge is 0.124 e. The summed E-state index contributed by atoms with van der Waals surface area (Å²) in [7, 11) is 3.48. The van der Waals surface area contributed by atoms with E-state index in [0.717, 1.165) is 29.6 Å². The standard InChI is InChI=1S/C16H26BrNO2/c1-6-18-14(9-10-16(2,3)20-5)13-8-7-12(17)11-15(13)19-4/h7-8,11,14,18H,6,9-10H2,1-5H3. The molecule has 0 aliphatic carbocycles. The molecule has 0 bridgehead atoms. The van der Waals surface area contributed by atoms with Crippen LogP contribution in [-0.2, 0) is 4.74 Å². The first-order valence-corrected chi connectivity index (χ1v) is 7.84. The van der Waals surface area contributed by atoms with E-state index >= 15 is 0 Å². The fourth-order valence-electron chi connectivity index (χ4n) is 2.18. The molecule has 1 aromatic rings. The summed E-state index contributed by atoms with van der Waals surface area (Å²) in [5, 5.41) is 3.54. The van der Waals surface area contributed by atoms with Crippen LogP contribution < -0.4 is 10.1 Å². The SMILES string of the molecule is CCNC(CCC(C)(C)OC)c1ccc(Br)cc1OC. The Labute approximate surface area is 131 Å². The van der Waals surface area contributed by atoms with Gasteiger partial charge in [-0.3, -0.25) is 0 Å².